The van der Waals surface area contributed by atoms with Crippen LogP contribution in [0.25, 0.3) is 0 Å². The fourth-order valence-corrected chi connectivity index (χ4v) is 1.89. The summed E-state index contributed by atoms with van der Waals surface area (Å²) in [6.07, 6.45) is 4.40. The zero-order valence-electron chi connectivity index (χ0n) is 9.72. The van der Waals surface area contributed by atoms with Crippen molar-refractivity contribution in [2.45, 2.75) is 47.6 Å². The molecular weight excluding hydrogens is 160 g/mol. The van der Waals surface area contributed by atoms with Gasteiger partial charge in [0.15, 0.2) is 0 Å². The summed E-state index contributed by atoms with van der Waals surface area (Å²) in [4.78, 5) is 0. The molecule has 1 heteroatoms. The van der Waals surface area contributed by atoms with Crippen molar-refractivity contribution >= 4 is 0 Å². The molecular formula is C12H22O. The number of ether oxygens (including phenoxy) is 1. The minimum absolute atomic E-state index is 0.224. The van der Waals surface area contributed by atoms with E-state index < -0.39 is 0 Å². The van der Waals surface area contributed by atoms with E-state index in [2.05, 4.69) is 47.6 Å². The molecule has 0 saturated heterocycles. The summed E-state index contributed by atoms with van der Waals surface area (Å²) >= 11 is 0. The van der Waals surface area contributed by atoms with E-state index in [4.69, 9.17) is 4.74 Å². The average Bonchev–Trinajstić information content (AvgIpc) is 2.27. The summed E-state index contributed by atoms with van der Waals surface area (Å²) in [6.45, 7) is 13.5. The first-order valence-electron chi connectivity index (χ1n) is 5.05. The lowest BCUT2D eigenvalue weighted by Crippen LogP contribution is -2.38. The molecule has 76 valence electrons. The standard InChI is InChI=1S/C12H22O/c1-11(2,3)9-7-8-13-10(9)12(4,5)6/h7-10H,1-6H3. The van der Waals surface area contributed by atoms with E-state index >= 15 is 0 Å². The number of rotatable bonds is 0. The van der Waals surface area contributed by atoms with E-state index in [1.807, 2.05) is 6.26 Å². The molecule has 0 aliphatic carbocycles. The van der Waals surface area contributed by atoms with Crippen LogP contribution in [0.1, 0.15) is 41.5 Å². The summed E-state index contributed by atoms with van der Waals surface area (Å²) < 4.78 is 5.68. The molecule has 1 aliphatic rings. The molecule has 0 amide bonds. The summed E-state index contributed by atoms with van der Waals surface area (Å²) in [5, 5.41) is 0. The Morgan fingerprint density at radius 3 is 1.77 bits per heavy atom. The predicted molar refractivity (Wildman–Crippen MR) is 56.4 cm³/mol. The zero-order valence-corrected chi connectivity index (χ0v) is 9.72. The Balaban J connectivity index is 2.81. The van der Waals surface area contributed by atoms with Crippen molar-refractivity contribution in [2.75, 3.05) is 0 Å². The normalized spacial score (nSPS) is 29.1. The number of hydrogen-bond acceptors (Lipinski definition) is 1. The van der Waals surface area contributed by atoms with Crippen LogP contribution in [0.15, 0.2) is 12.3 Å². The first kappa shape index (κ1) is 10.6. The van der Waals surface area contributed by atoms with Crippen molar-refractivity contribution < 1.29 is 4.74 Å². The van der Waals surface area contributed by atoms with Gasteiger partial charge in [0.25, 0.3) is 0 Å². The molecule has 0 aromatic heterocycles. The van der Waals surface area contributed by atoms with Crippen molar-refractivity contribution in [3.8, 4) is 0 Å². The Kier molecular flexibility index (Phi) is 2.48. The zero-order chi connectivity index (χ0) is 10.3. The van der Waals surface area contributed by atoms with E-state index in [-0.39, 0.29) is 5.41 Å². The van der Waals surface area contributed by atoms with E-state index in [1.165, 1.54) is 0 Å². The quantitative estimate of drug-likeness (QED) is 0.556. The maximum Gasteiger partial charge on any atom is 0.109 e. The molecule has 2 atom stereocenters. The van der Waals surface area contributed by atoms with Crippen molar-refractivity contribution in [1.82, 2.24) is 0 Å². The molecule has 1 rings (SSSR count). The van der Waals surface area contributed by atoms with E-state index in [1.54, 1.807) is 0 Å². The van der Waals surface area contributed by atoms with Crippen LogP contribution >= 0.6 is 0 Å². The van der Waals surface area contributed by atoms with Crippen LogP contribution in [0, 0.1) is 16.7 Å². The van der Waals surface area contributed by atoms with Crippen LogP contribution < -0.4 is 0 Å². The second-order valence-corrected chi connectivity index (χ2v) is 6.14. The highest BCUT2D eigenvalue weighted by Crippen LogP contribution is 2.42. The van der Waals surface area contributed by atoms with Crippen molar-refractivity contribution in [3.05, 3.63) is 12.3 Å². The van der Waals surface area contributed by atoms with Gasteiger partial charge < -0.3 is 4.74 Å². The minimum Gasteiger partial charge on any atom is -0.497 e. The van der Waals surface area contributed by atoms with Gasteiger partial charge in [-0.3, -0.25) is 0 Å². The molecule has 0 aromatic carbocycles. The second kappa shape index (κ2) is 3.04. The van der Waals surface area contributed by atoms with Gasteiger partial charge in [0.1, 0.15) is 6.10 Å². The highest BCUT2D eigenvalue weighted by molar-refractivity contribution is 5.04. The van der Waals surface area contributed by atoms with E-state index in [0.29, 0.717) is 17.4 Å². The van der Waals surface area contributed by atoms with Crippen LogP contribution in [0.3, 0.4) is 0 Å². The maximum absolute atomic E-state index is 5.68. The van der Waals surface area contributed by atoms with Crippen LogP contribution in [-0.4, -0.2) is 6.10 Å². The molecule has 0 fully saturated rings. The van der Waals surface area contributed by atoms with Crippen LogP contribution in [0.5, 0.6) is 0 Å². The molecule has 0 bridgehead atoms. The lowest BCUT2D eigenvalue weighted by molar-refractivity contribution is 0.00247. The second-order valence-electron chi connectivity index (χ2n) is 6.14. The fourth-order valence-electron chi connectivity index (χ4n) is 1.89. The van der Waals surface area contributed by atoms with Gasteiger partial charge in [0, 0.05) is 5.92 Å². The Hall–Kier alpha value is -0.460. The third-order valence-electron chi connectivity index (χ3n) is 2.69. The number of hydrogen-bond donors (Lipinski definition) is 0. The topological polar surface area (TPSA) is 9.23 Å². The fraction of sp³-hybridized carbons (Fsp3) is 0.833. The summed E-state index contributed by atoms with van der Waals surface area (Å²) in [7, 11) is 0. The molecule has 0 radical (unpaired) electrons. The molecule has 0 N–H and O–H groups in total. The SMILES string of the molecule is CC(C)(C)C1C=COC1C(C)(C)C. The summed E-state index contributed by atoms with van der Waals surface area (Å²) in [6, 6.07) is 0. The monoisotopic (exact) mass is 182 g/mol. The van der Waals surface area contributed by atoms with Gasteiger partial charge in [-0.1, -0.05) is 41.5 Å². The Bertz CT molecular complexity index is 202. The van der Waals surface area contributed by atoms with Gasteiger partial charge in [-0.05, 0) is 16.9 Å². The Morgan fingerprint density at radius 2 is 1.46 bits per heavy atom. The third kappa shape index (κ3) is 2.26. The van der Waals surface area contributed by atoms with Gasteiger partial charge in [-0.25, -0.2) is 0 Å². The third-order valence-corrected chi connectivity index (χ3v) is 2.69. The van der Waals surface area contributed by atoms with Gasteiger partial charge in [0.05, 0.1) is 6.26 Å². The Labute approximate surface area is 82.2 Å². The van der Waals surface area contributed by atoms with Gasteiger partial charge in [-0.2, -0.15) is 0 Å². The smallest absolute Gasteiger partial charge is 0.109 e. The van der Waals surface area contributed by atoms with Crippen LogP contribution in [0.2, 0.25) is 0 Å². The predicted octanol–water partition coefficient (Wildman–Crippen LogP) is 3.61. The van der Waals surface area contributed by atoms with Gasteiger partial charge >= 0.3 is 0 Å². The Morgan fingerprint density at radius 1 is 0.923 bits per heavy atom. The first-order chi connectivity index (χ1) is 5.73. The van der Waals surface area contributed by atoms with E-state index in [9.17, 15) is 0 Å². The maximum atomic E-state index is 5.68. The molecule has 1 aliphatic heterocycles. The van der Waals surface area contributed by atoms with Crippen LogP contribution in [-0.2, 0) is 4.74 Å². The lowest BCUT2D eigenvalue weighted by Gasteiger charge is -2.37. The molecule has 1 heterocycles. The minimum atomic E-state index is 0.224. The van der Waals surface area contributed by atoms with Gasteiger partial charge in [-0.15, -0.1) is 0 Å². The van der Waals surface area contributed by atoms with Crippen LogP contribution in [0.4, 0.5) is 0 Å². The average molecular weight is 182 g/mol. The molecule has 1 nitrogen and oxygen atoms in total. The van der Waals surface area contributed by atoms with E-state index in [0.717, 1.165) is 0 Å². The molecule has 0 spiro atoms. The molecule has 13 heavy (non-hydrogen) atoms. The summed E-state index contributed by atoms with van der Waals surface area (Å²) in [5.74, 6) is 0.535. The largest absolute Gasteiger partial charge is 0.497 e. The molecule has 0 saturated carbocycles. The first-order valence-corrected chi connectivity index (χ1v) is 5.05. The van der Waals surface area contributed by atoms with Crippen molar-refractivity contribution in [1.29, 1.82) is 0 Å². The van der Waals surface area contributed by atoms with Crippen molar-refractivity contribution in [3.63, 3.8) is 0 Å². The van der Waals surface area contributed by atoms with Crippen molar-refractivity contribution in [2.24, 2.45) is 16.7 Å². The lowest BCUT2D eigenvalue weighted by atomic mass is 9.71. The molecule has 2 unspecified atom stereocenters. The summed E-state index contributed by atoms with van der Waals surface area (Å²) in [5.41, 5.74) is 0.520. The molecule has 0 aromatic rings. The highest BCUT2D eigenvalue weighted by atomic mass is 16.5. The highest BCUT2D eigenvalue weighted by Gasteiger charge is 2.41. The van der Waals surface area contributed by atoms with Gasteiger partial charge in [0.2, 0.25) is 0 Å².